The second kappa shape index (κ2) is 4.50. The Labute approximate surface area is 134 Å². The fourth-order valence-electron chi connectivity index (χ4n) is 4.08. The molecular weight excluding hydrogens is 290 g/mol. The first-order valence-corrected chi connectivity index (χ1v) is 8.34. The minimum atomic E-state index is 0.953. The van der Waals surface area contributed by atoms with Crippen molar-refractivity contribution in [2.75, 3.05) is 0 Å². The molecule has 0 unspecified atom stereocenters. The zero-order chi connectivity index (χ0) is 14.7. The summed E-state index contributed by atoms with van der Waals surface area (Å²) in [4.78, 5) is 0. The highest BCUT2D eigenvalue weighted by atomic mass is 35.5. The van der Waals surface area contributed by atoms with Crippen molar-refractivity contribution in [3.63, 3.8) is 0 Å². The van der Waals surface area contributed by atoms with Gasteiger partial charge in [-0.3, -0.25) is 0 Å². The summed E-state index contributed by atoms with van der Waals surface area (Å²) in [6.45, 7) is 1.09. The van der Waals surface area contributed by atoms with Gasteiger partial charge in [-0.2, -0.15) is 0 Å². The van der Waals surface area contributed by atoms with Crippen LogP contribution in [0.1, 0.15) is 18.4 Å². The number of hydrogen-bond donors (Lipinski definition) is 0. The van der Waals surface area contributed by atoms with Crippen molar-refractivity contribution in [3.8, 4) is 0 Å². The Morgan fingerprint density at radius 2 is 1.55 bits per heavy atom. The van der Waals surface area contributed by atoms with Gasteiger partial charge in [0, 0.05) is 28.2 Å². The molecule has 0 amide bonds. The second-order valence-electron chi connectivity index (χ2n) is 6.19. The van der Waals surface area contributed by atoms with Crippen LogP contribution in [0.3, 0.4) is 0 Å². The van der Waals surface area contributed by atoms with Gasteiger partial charge in [-0.05, 0) is 36.3 Å². The molecule has 22 heavy (non-hydrogen) atoms. The normalized spacial score (nSPS) is 14.8. The van der Waals surface area contributed by atoms with Gasteiger partial charge >= 0.3 is 0 Å². The summed E-state index contributed by atoms with van der Waals surface area (Å²) in [5.74, 6) is 0. The van der Waals surface area contributed by atoms with E-state index in [9.17, 15) is 0 Å². The Hall–Kier alpha value is -1.99. The van der Waals surface area contributed by atoms with Crippen molar-refractivity contribution in [3.05, 3.63) is 59.1 Å². The summed E-state index contributed by atoms with van der Waals surface area (Å²) in [5, 5.41) is 6.16. The van der Waals surface area contributed by atoms with E-state index in [0.29, 0.717) is 0 Å². The number of aromatic nitrogens is 1. The highest BCUT2D eigenvalue weighted by molar-refractivity contribution is 6.40. The van der Waals surface area contributed by atoms with E-state index in [1.54, 1.807) is 0 Å². The highest BCUT2D eigenvalue weighted by Gasteiger charge is 2.21. The van der Waals surface area contributed by atoms with Crippen LogP contribution in [0.25, 0.3) is 32.6 Å². The summed E-state index contributed by atoms with van der Waals surface area (Å²) in [6, 6.07) is 17.3. The Morgan fingerprint density at radius 3 is 2.41 bits per heavy atom. The standard InChI is InChI=1S/C20H16ClN/c21-19-14-8-2-1-7-13(14)18-15-9-3-4-11-17(15)22-12-6-5-10-16(19)20(18)22/h1-4,7-9,11H,5-6,10,12H2. The molecule has 0 radical (unpaired) electrons. The minimum absolute atomic E-state index is 0.953. The van der Waals surface area contributed by atoms with Crippen LogP contribution in [0.15, 0.2) is 48.5 Å². The van der Waals surface area contributed by atoms with Gasteiger partial charge in [0.2, 0.25) is 0 Å². The Balaban J connectivity index is 2.18. The number of benzene rings is 3. The fourth-order valence-corrected chi connectivity index (χ4v) is 4.43. The first-order valence-electron chi connectivity index (χ1n) is 7.96. The monoisotopic (exact) mass is 305 g/mol. The number of nitrogens with zero attached hydrogens (tertiary/aromatic N) is 1. The molecule has 5 rings (SSSR count). The van der Waals surface area contributed by atoms with Crippen LogP contribution in [-0.2, 0) is 13.0 Å². The molecule has 1 nitrogen and oxygen atoms in total. The Kier molecular flexibility index (Phi) is 2.57. The molecule has 0 atom stereocenters. The van der Waals surface area contributed by atoms with E-state index in [1.165, 1.54) is 51.0 Å². The third kappa shape index (κ3) is 1.50. The SMILES string of the molecule is Clc1c2c3c(c4ccccc14)c1ccccc1n3CCCC2. The van der Waals surface area contributed by atoms with Crippen LogP contribution in [0.4, 0.5) is 0 Å². The maximum absolute atomic E-state index is 6.81. The van der Waals surface area contributed by atoms with Gasteiger partial charge in [-0.1, -0.05) is 54.1 Å². The zero-order valence-corrected chi connectivity index (χ0v) is 13.0. The lowest BCUT2D eigenvalue weighted by molar-refractivity contribution is 0.657. The predicted molar refractivity (Wildman–Crippen MR) is 94.9 cm³/mol. The molecule has 0 aliphatic carbocycles. The van der Waals surface area contributed by atoms with Crippen molar-refractivity contribution in [2.24, 2.45) is 0 Å². The van der Waals surface area contributed by atoms with Gasteiger partial charge in [0.1, 0.15) is 0 Å². The van der Waals surface area contributed by atoms with Gasteiger partial charge in [0.05, 0.1) is 10.5 Å². The van der Waals surface area contributed by atoms with Crippen molar-refractivity contribution >= 4 is 44.2 Å². The van der Waals surface area contributed by atoms with Crippen LogP contribution < -0.4 is 0 Å². The van der Waals surface area contributed by atoms with E-state index in [4.69, 9.17) is 11.6 Å². The maximum Gasteiger partial charge on any atom is 0.0545 e. The summed E-state index contributed by atoms with van der Waals surface area (Å²) in [6.07, 6.45) is 3.51. The molecule has 0 bridgehead atoms. The quantitative estimate of drug-likeness (QED) is 0.379. The van der Waals surface area contributed by atoms with Crippen molar-refractivity contribution in [2.45, 2.75) is 25.8 Å². The third-order valence-corrected chi connectivity index (χ3v) is 5.44. The molecule has 108 valence electrons. The number of halogens is 1. The van der Waals surface area contributed by atoms with Crippen LogP contribution in [0.2, 0.25) is 5.02 Å². The fraction of sp³-hybridized carbons (Fsp3) is 0.200. The minimum Gasteiger partial charge on any atom is -0.340 e. The lowest BCUT2D eigenvalue weighted by atomic mass is 9.97. The lowest BCUT2D eigenvalue weighted by Crippen LogP contribution is -1.96. The highest BCUT2D eigenvalue weighted by Crippen LogP contribution is 2.43. The summed E-state index contributed by atoms with van der Waals surface area (Å²) in [5.41, 5.74) is 4.04. The molecule has 0 saturated carbocycles. The Bertz CT molecular complexity index is 1040. The molecule has 1 aromatic heterocycles. The van der Waals surface area contributed by atoms with Crippen molar-refractivity contribution < 1.29 is 0 Å². The molecule has 0 saturated heterocycles. The van der Waals surface area contributed by atoms with Gasteiger partial charge < -0.3 is 4.57 Å². The average molecular weight is 306 g/mol. The predicted octanol–water partition coefficient (Wildman–Crippen LogP) is 5.94. The molecule has 2 heterocycles. The molecular formula is C20H16ClN. The lowest BCUT2D eigenvalue weighted by Gasteiger charge is -2.11. The molecule has 1 aliphatic rings. The van der Waals surface area contributed by atoms with Gasteiger partial charge in [0.25, 0.3) is 0 Å². The van der Waals surface area contributed by atoms with Gasteiger partial charge in [-0.25, -0.2) is 0 Å². The molecule has 3 aromatic carbocycles. The number of fused-ring (bicyclic) bond motifs is 5. The van der Waals surface area contributed by atoms with Gasteiger partial charge in [0.15, 0.2) is 0 Å². The molecule has 0 spiro atoms. The van der Waals surface area contributed by atoms with Crippen LogP contribution in [0, 0.1) is 0 Å². The number of aryl methyl sites for hydroxylation is 2. The maximum atomic E-state index is 6.81. The van der Waals surface area contributed by atoms with E-state index in [1.807, 2.05) is 0 Å². The van der Waals surface area contributed by atoms with Crippen LogP contribution >= 0.6 is 11.6 Å². The van der Waals surface area contributed by atoms with E-state index in [0.717, 1.165) is 18.0 Å². The average Bonchev–Trinajstić information content (AvgIpc) is 2.73. The van der Waals surface area contributed by atoms with Gasteiger partial charge in [-0.15, -0.1) is 0 Å². The topological polar surface area (TPSA) is 4.93 Å². The smallest absolute Gasteiger partial charge is 0.0545 e. The summed E-state index contributed by atoms with van der Waals surface area (Å²) in [7, 11) is 0. The number of para-hydroxylation sites is 1. The van der Waals surface area contributed by atoms with Crippen LogP contribution in [-0.4, -0.2) is 4.57 Å². The van der Waals surface area contributed by atoms with E-state index in [-0.39, 0.29) is 0 Å². The van der Waals surface area contributed by atoms with E-state index in [2.05, 4.69) is 53.1 Å². The molecule has 4 aromatic rings. The number of rotatable bonds is 0. The molecule has 0 fully saturated rings. The van der Waals surface area contributed by atoms with E-state index < -0.39 is 0 Å². The first-order chi connectivity index (χ1) is 10.9. The first kappa shape index (κ1) is 12.5. The van der Waals surface area contributed by atoms with E-state index >= 15 is 0 Å². The number of hydrogen-bond acceptors (Lipinski definition) is 0. The van der Waals surface area contributed by atoms with Crippen LogP contribution in [0.5, 0.6) is 0 Å². The molecule has 0 N–H and O–H groups in total. The summed E-state index contributed by atoms with van der Waals surface area (Å²) >= 11 is 6.81. The zero-order valence-electron chi connectivity index (χ0n) is 12.3. The summed E-state index contributed by atoms with van der Waals surface area (Å²) < 4.78 is 2.49. The second-order valence-corrected chi connectivity index (χ2v) is 6.57. The third-order valence-electron chi connectivity index (χ3n) is 5.01. The van der Waals surface area contributed by atoms with Crippen molar-refractivity contribution in [1.29, 1.82) is 0 Å². The molecule has 1 aliphatic heterocycles. The van der Waals surface area contributed by atoms with Crippen molar-refractivity contribution in [1.82, 2.24) is 4.57 Å². The molecule has 2 heteroatoms. The largest absolute Gasteiger partial charge is 0.340 e. The Morgan fingerprint density at radius 1 is 0.818 bits per heavy atom.